The molecule has 2 N–H and O–H groups in total. The number of nitrogens with zero attached hydrogens (tertiary/aromatic N) is 4. The van der Waals surface area contributed by atoms with Gasteiger partial charge in [-0.1, -0.05) is 30.3 Å². The van der Waals surface area contributed by atoms with Gasteiger partial charge < -0.3 is 5.32 Å². The van der Waals surface area contributed by atoms with Crippen LogP contribution >= 0.6 is 0 Å². The van der Waals surface area contributed by atoms with Crippen molar-refractivity contribution in [2.75, 3.05) is 5.32 Å². The van der Waals surface area contributed by atoms with Gasteiger partial charge in [-0.3, -0.25) is 5.10 Å². The molecule has 3 rings (SSSR count). The average Bonchev–Trinajstić information content (AvgIpc) is 2.96. The van der Waals surface area contributed by atoms with Crippen molar-refractivity contribution in [2.24, 2.45) is 0 Å². The van der Waals surface area contributed by atoms with Gasteiger partial charge >= 0.3 is 0 Å². The number of H-pyrrole nitrogens is 1. The molecule has 0 fully saturated rings. The van der Waals surface area contributed by atoms with Crippen LogP contribution in [0.25, 0.3) is 11.4 Å². The molecule has 0 saturated heterocycles. The predicted octanol–water partition coefficient (Wildman–Crippen LogP) is 1.87. The second kappa shape index (κ2) is 5.26. The molecule has 2 aromatic heterocycles. The van der Waals surface area contributed by atoms with Crippen molar-refractivity contribution in [1.82, 2.24) is 25.1 Å². The van der Waals surface area contributed by atoms with Gasteiger partial charge in [0, 0.05) is 11.8 Å². The molecule has 0 amide bonds. The highest BCUT2D eigenvalue weighted by molar-refractivity contribution is 5.53. The third-order valence-corrected chi connectivity index (χ3v) is 2.58. The summed E-state index contributed by atoms with van der Waals surface area (Å²) >= 11 is 0. The summed E-state index contributed by atoms with van der Waals surface area (Å²) in [6, 6.07) is 11.6. The van der Waals surface area contributed by atoms with Crippen LogP contribution < -0.4 is 5.32 Å². The van der Waals surface area contributed by atoms with E-state index in [1.807, 2.05) is 30.3 Å². The Morgan fingerprint density at radius 2 is 2.00 bits per heavy atom. The maximum atomic E-state index is 4.42. The molecule has 0 spiro atoms. The van der Waals surface area contributed by atoms with E-state index in [0.717, 1.165) is 17.2 Å². The Morgan fingerprint density at radius 1 is 1.11 bits per heavy atom. The van der Waals surface area contributed by atoms with Crippen LogP contribution in [0.4, 0.5) is 5.82 Å². The van der Waals surface area contributed by atoms with E-state index in [1.165, 1.54) is 6.33 Å². The summed E-state index contributed by atoms with van der Waals surface area (Å²) in [5.74, 6) is 2.21. The third kappa shape index (κ3) is 2.74. The van der Waals surface area contributed by atoms with Crippen LogP contribution in [0.3, 0.4) is 0 Å². The highest BCUT2D eigenvalue weighted by Gasteiger charge is 2.05. The van der Waals surface area contributed by atoms with E-state index in [-0.39, 0.29) is 0 Å². The molecule has 0 bridgehead atoms. The Hall–Kier alpha value is -2.76. The molecule has 94 valence electrons. The molecular formula is C13H12N6. The Kier molecular flexibility index (Phi) is 3.14. The zero-order valence-corrected chi connectivity index (χ0v) is 10.1. The first kappa shape index (κ1) is 11.3. The lowest BCUT2D eigenvalue weighted by atomic mass is 10.2. The van der Waals surface area contributed by atoms with E-state index < -0.39 is 0 Å². The number of aromatic nitrogens is 5. The molecule has 3 aromatic rings. The molecule has 6 nitrogen and oxygen atoms in total. The maximum Gasteiger partial charge on any atom is 0.181 e. The van der Waals surface area contributed by atoms with Gasteiger partial charge in [-0.25, -0.2) is 15.0 Å². The van der Waals surface area contributed by atoms with E-state index in [9.17, 15) is 0 Å². The number of nitrogens with one attached hydrogen (secondary N) is 2. The minimum Gasteiger partial charge on any atom is -0.363 e. The van der Waals surface area contributed by atoms with E-state index >= 15 is 0 Å². The molecule has 0 unspecified atom stereocenters. The topological polar surface area (TPSA) is 79.4 Å². The van der Waals surface area contributed by atoms with Gasteiger partial charge in [0.15, 0.2) is 5.82 Å². The first-order valence-electron chi connectivity index (χ1n) is 5.88. The molecule has 0 radical (unpaired) electrons. The number of aromatic amines is 1. The van der Waals surface area contributed by atoms with Crippen LogP contribution in [0.2, 0.25) is 0 Å². The van der Waals surface area contributed by atoms with Crippen LogP contribution in [-0.4, -0.2) is 25.1 Å². The highest BCUT2D eigenvalue weighted by Crippen LogP contribution is 2.13. The smallest absolute Gasteiger partial charge is 0.181 e. The van der Waals surface area contributed by atoms with Crippen LogP contribution in [-0.2, 0) is 6.54 Å². The number of hydrogen-bond acceptors (Lipinski definition) is 5. The van der Waals surface area contributed by atoms with Crippen molar-refractivity contribution in [3.63, 3.8) is 0 Å². The van der Waals surface area contributed by atoms with Gasteiger partial charge in [-0.15, -0.1) is 0 Å². The summed E-state index contributed by atoms with van der Waals surface area (Å²) in [6.07, 6.45) is 3.18. The molecule has 0 aliphatic rings. The largest absolute Gasteiger partial charge is 0.363 e. The minimum atomic E-state index is 0.539. The van der Waals surface area contributed by atoms with E-state index in [4.69, 9.17) is 0 Å². The molecule has 1 aromatic carbocycles. The van der Waals surface area contributed by atoms with E-state index in [2.05, 4.69) is 30.5 Å². The monoisotopic (exact) mass is 252 g/mol. The van der Waals surface area contributed by atoms with Crippen molar-refractivity contribution in [1.29, 1.82) is 0 Å². The first-order chi connectivity index (χ1) is 9.42. The lowest BCUT2D eigenvalue weighted by Crippen LogP contribution is -2.02. The summed E-state index contributed by atoms with van der Waals surface area (Å²) < 4.78 is 0. The maximum absolute atomic E-state index is 4.42. The van der Waals surface area contributed by atoms with Gasteiger partial charge in [0.25, 0.3) is 0 Å². The second-order valence-electron chi connectivity index (χ2n) is 3.92. The summed E-state index contributed by atoms with van der Waals surface area (Å²) in [7, 11) is 0. The number of rotatable bonds is 4. The lowest BCUT2D eigenvalue weighted by Gasteiger charge is -2.00. The quantitative estimate of drug-likeness (QED) is 0.741. The number of hydrogen-bond donors (Lipinski definition) is 2. The normalized spacial score (nSPS) is 10.3. The molecular weight excluding hydrogens is 240 g/mol. The number of benzene rings is 1. The fourth-order valence-corrected chi connectivity index (χ4v) is 1.66. The van der Waals surface area contributed by atoms with Crippen molar-refractivity contribution in [3.05, 3.63) is 54.7 Å². The van der Waals surface area contributed by atoms with Crippen molar-refractivity contribution < 1.29 is 0 Å². The van der Waals surface area contributed by atoms with Gasteiger partial charge in [0.2, 0.25) is 0 Å². The van der Waals surface area contributed by atoms with Gasteiger partial charge in [-0.2, -0.15) is 5.10 Å². The lowest BCUT2D eigenvalue weighted by molar-refractivity contribution is 0.945. The zero-order chi connectivity index (χ0) is 12.9. The van der Waals surface area contributed by atoms with Gasteiger partial charge in [0.1, 0.15) is 18.0 Å². The van der Waals surface area contributed by atoms with Crippen LogP contribution in [0.1, 0.15) is 5.82 Å². The van der Waals surface area contributed by atoms with Crippen molar-refractivity contribution in [2.45, 2.75) is 6.54 Å². The van der Waals surface area contributed by atoms with Gasteiger partial charge in [-0.05, 0) is 6.07 Å². The minimum absolute atomic E-state index is 0.539. The van der Waals surface area contributed by atoms with E-state index in [0.29, 0.717) is 12.4 Å². The summed E-state index contributed by atoms with van der Waals surface area (Å²) in [5, 5.41) is 10.2. The van der Waals surface area contributed by atoms with Crippen LogP contribution in [0.15, 0.2) is 48.9 Å². The Labute approximate surface area is 110 Å². The third-order valence-electron chi connectivity index (χ3n) is 2.58. The zero-order valence-electron chi connectivity index (χ0n) is 10.1. The SMILES string of the molecule is c1ccc(-c2n[nH]c(CNc3ccncn3)n2)cc1. The fourth-order valence-electron chi connectivity index (χ4n) is 1.66. The predicted molar refractivity (Wildman–Crippen MR) is 71.2 cm³/mol. The summed E-state index contributed by atoms with van der Waals surface area (Å²) in [5.41, 5.74) is 0.993. The van der Waals surface area contributed by atoms with Crippen molar-refractivity contribution >= 4 is 5.82 Å². The van der Waals surface area contributed by atoms with Crippen molar-refractivity contribution in [3.8, 4) is 11.4 Å². The van der Waals surface area contributed by atoms with Crippen LogP contribution in [0.5, 0.6) is 0 Å². The molecule has 0 atom stereocenters. The standard InChI is InChI=1S/C13H12N6/c1-2-4-10(5-3-1)13-17-12(18-19-13)8-15-11-6-7-14-9-16-11/h1-7,9H,8H2,(H,14,15,16)(H,17,18,19). The molecule has 0 aliphatic heterocycles. The highest BCUT2D eigenvalue weighted by atomic mass is 15.2. The first-order valence-corrected chi connectivity index (χ1v) is 5.88. The second-order valence-corrected chi connectivity index (χ2v) is 3.92. The van der Waals surface area contributed by atoms with E-state index in [1.54, 1.807) is 12.3 Å². The summed E-state index contributed by atoms with van der Waals surface area (Å²) in [6.45, 7) is 0.539. The Morgan fingerprint density at radius 3 is 2.79 bits per heavy atom. The van der Waals surface area contributed by atoms with Crippen LogP contribution in [0, 0.1) is 0 Å². The fraction of sp³-hybridized carbons (Fsp3) is 0.0769. The summed E-state index contributed by atoms with van der Waals surface area (Å²) in [4.78, 5) is 12.4. The van der Waals surface area contributed by atoms with Gasteiger partial charge in [0.05, 0.1) is 6.54 Å². The molecule has 2 heterocycles. The molecule has 0 aliphatic carbocycles. The molecule has 6 heteroatoms. The molecule has 19 heavy (non-hydrogen) atoms. The average molecular weight is 252 g/mol. The number of anilines is 1. The Balaban J connectivity index is 1.69. The molecule has 0 saturated carbocycles. The Bertz CT molecular complexity index is 635.